The van der Waals surface area contributed by atoms with Crippen LogP contribution in [0.5, 0.6) is 0 Å². The second-order valence-electron chi connectivity index (χ2n) is 4.88. The van der Waals surface area contributed by atoms with Crippen molar-refractivity contribution in [3.05, 3.63) is 24.3 Å². The predicted molar refractivity (Wildman–Crippen MR) is 78.8 cm³/mol. The van der Waals surface area contributed by atoms with Gasteiger partial charge in [0.2, 0.25) is 5.91 Å². The molecule has 108 valence electrons. The first-order valence-corrected chi connectivity index (χ1v) is 6.79. The molecule has 4 N–H and O–H groups in total. The fraction of sp³-hybridized carbons (Fsp3) is 0.429. The van der Waals surface area contributed by atoms with E-state index in [2.05, 4.69) is 21.3 Å². The molecular weight excluding hydrogens is 256 g/mol. The fourth-order valence-electron chi connectivity index (χ4n) is 2.16. The number of carbonyl (C=O) groups is 2. The Hall–Kier alpha value is -2.08. The number of hydrogen-bond acceptors (Lipinski definition) is 3. The summed E-state index contributed by atoms with van der Waals surface area (Å²) in [5.74, 6) is -0.116. The number of hydrogen-bond donors (Lipinski definition) is 4. The lowest BCUT2D eigenvalue weighted by molar-refractivity contribution is -0.114. The summed E-state index contributed by atoms with van der Waals surface area (Å²) in [5.41, 5.74) is 1.41. The molecule has 2 rings (SSSR count). The van der Waals surface area contributed by atoms with E-state index in [4.69, 9.17) is 0 Å². The highest BCUT2D eigenvalue weighted by Gasteiger charge is 2.15. The minimum Gasteiger partial charge on any atom is -0.335 e. The average Bonchev–Trinajstić information content (AvgIpc) is 2.41. The first-order valence-electron chi connectivity index (χ1n) is 6.79. The van der Waals surface area contributed by atoms with Crippen LogP contribution in [-0.2, 0) is 4.79 Å². The number of benzene rings is 1. The number of piperidine rings is 1. The Morgan fingerprint density at radius 3 is 2.15 bits per heavy atom. The molecule has 0 unspecified atom stereocenters. The third-order valence-corrected chi connectivity index (χ3v) is 3.14. The Labute approximate surface area is 118 Å². The molecule has 1 fully saturated rings. The molecule has 0 radical (unpaired) electrons. The summed E-state index contributed by atoms with van der Waals surface area (Å²) in [7, 11) is 0. The van der Waals surface area contributed by atoms with Gasteiger partial charge >= 0.3 is 6.03 Å². The van der Waals surface area contributed by atoms with Gasteiger partial charge < -0.3 is 21.3 Å². The third-order valence-electron chi connectivity index (χ3n) is 3.14. The maximum absolute atomic E-state index is 11.8. The standard InChI is InChI=1S/C14H20N4O2/c1-10(19)16-11-2-4-12(5-3-11)17-14(20)18-13-6-8-15-9-7-13/h2-5,13,15H,6-9H2,1H3,(H,16,19)(H2,17,18,20). The first-order chi connectivity index (χ1) is 9.63. The van der Waals surface area contributed by atoms with E-state index < -0.39 is 0 Å². The number of rotatable bonds is 3. The number of urea groups is 1. The molecule has 0 bridgehead atoms. The molecule has 0 atom stereocenters. The summed E-state index contributed by atoms with van der Waals surface area (Å²) in [6.45, 7) is 3.34. The topological polar surface area (TPSA) is 82.3 Å². The first kappa shape index (κ1) is 14.3. The zero-order chi connectivity index (χ0) is 14.4. The molecule has 1 heterocycles. The van der Waals surface area contributed by atoms with E-state index in [0.717, 1.165) is 25.9 Å². The van der Waals surface area contributed by atoms with Crippen molar-refractivity contribution in [2.75, 3.05) is 23.7 Å². The Balaban J connectivity index is 1.82. The van der Waals surface area contributed by atoms with E-state index in [0.29, 0.717) is 11.4 Å². The van der Waals surface area contributed by atoms with Gasteiger partial charge in [-0.25, -0.2) is 4.79 Å². The molecule has 20 heavy (non-hydrogen) atoms. The van der Waals surface area contributed by atoms with Crippen LogP contribution in [0.25, 0.3) is 0 Å². The maximum Gasteiger partial charge on any atom is 0.319 e. The van der Waals surface area contributed by atoms with E-state index >= 15 is 0 Å². The van der Waals surface area contributed by atoms with Crippen molar-refractivity contribution >= 4 is 23.3 Å². The van der Waals surface area contributed by atoms with Gasteiger partial charge in [-0.1, -0.05) is 0 Å². The highest BCUT2D eigenvalue weighted by Crippen LogP contribution is 2.13. The van der Waals surface area contributed by atoms with E-state index in [9.17, 15) is 9.59 Å². The Bertz CT molecular complexity index is 467. The van der Waals surface area contributed by atoms with Gasteiger partial charge in [0.1, 0.15) is 0 Å². The highest BCUT2D eigenvalue weighted by molar-refractivity contribution is 5.91. The van der Waals surface area contributed by atoms with E-state index in [1.807, 2.05) is 0 Å². The van der Waals surface area contributed by atoms with Crippen LogP contribution >= 0.6 is 0 Å². The van der Waals surface area contributed by atoms with Crippen LogP contribution in [0.15, 0.2) is 24.3 Å². The molecule has 0 spiro atoms. The zero-order valence-corrected chi connectivity index (χ0v) is 11.5. The maximum atomic E-state index is 11.8. The van der Waals surface area contributed by atoms with Gasteiger partial charge in [0.25, 0.3) is 0 Å². The van der Waals surface area contributed by atoms with Crippen LogP contribution in [0.3, 0.4) is 0 Å². The van der Waals surface area contributed by atoms with Gasteiger partial charge in [0, 0.05) is 24.3 Å². The van der Waals surface area contributed by atoms with Gasteiger partial charge in [-0.2, -0.15) is 0 Å². The Kier molecular flexibility index (Phi) is 4.95. The van der Waals surface area contributed by atoms with Gasteiger partial charge in [-0.05, 0) is 50.2 Å². The molecule has 1 saturated heterocycles. The molecule has 1 aromatic rings. The summed E-state index contributed by atoms with van der Waals surface area (Å²) < 4.78 is 0. The van der Waals surface area contributed by atoms with Gasteiger partial charge in [0.15, 0.2) is 0 Å². The molecule has 6 nitrogen and oxygen atoms in total. The molecule has 0 aliphatic carbocycles. The van der Waals surface area contributed by atoms with Gasteiger partial charge in [-0.3, -0.25) is 4.79 Å². The molecule has 0 aromatic heterocycles. The Morgan fingerprint density at radius 1 is 1.05 bits per heavy atom. The zero-order valence-electron chi connectivity index (χ0n) is 11.5. The van der Waals surface area contributed by atoms with E-state index in [-0.39, 0.29) is 18.0 Å². The summed E-state index contributed by atoms with van der Waals surface area (Å²) in [4.78, 5) is 22.7. The monoisotopic (exact) mass is 276 g/mol. The lowest BCUT2D eigenvalue weighted by atomic mass is 10.1. The second kappa shape index (κ2) is 6.91. The van der Waals surface area contributed by atoms with Gasteiger partial charge in [-0.15, -0.1) is 0 Å². The van der Waals surface area contributed by atoms with Crippen molar-refractivity contribution in [1.82, 2.24) is 10.6 Å². The molecule has 1 aromatic carbocycles. The van der Waals surface area contributed by atoms with Crippen molar-refractivity contribution in [3.63, 3.8) is 0 Å². The molecule has 0 saturated carbocycles. The van der Waals surface area contributed by atoms with Crippen molar-refractivity contribution < 1.29 is 9.59 Å². The fourth-order valence-corrected chi connectivity index (χ4v) is 2.16. The van der Waals surface area contributed by atoms with Crippen molar-refractivity contribution in [1.29, 1.82) is 0 Å². The van der Waals surface area contributed by atoms with Crippen LogP contribution in [0.2, 0.25) is 0 Å². The number of amides is 3. The lowest BCUT2D eigenvalue weighted by Gasteiger charge is -2.23. The lowest BCUT2D eigenvalue weighted by Crippen LogP contribution is -2.44. The largest absolute Gasteiger partial charge is 0.335 e. The average molecular weight is 276 g/mol. The third kappa shape index (κ3) is 4.55. The minimum absolute atomic E-state index is 0.116. The van der Waals surface area contributed by atoms with Crippen LogP contribution in [0.1, 0.15) is 19.8 Å². The smallest absolute Gasteiger partial charge is 0.319 e. The van der Waals surface area contributed by atoms with E-state index in [1.54, 1.807) is 24.3 Å². The van der Waals surface area contributed by atoms with E-state index in [1.165, 1.54) is 6.92 Å². The molecular formula is C14H20N4O2. The quantitative estimate of drug-likeness (QED) is 0.675. The molecule has 6 heteroatoms. The normalized spacial score (nSPS) is 15.4. The number of nitrogens with one attached hydrogen (secondary N) is 4. The Morgan fingerprint density at radius 2 is 1.60 bits per heavy atom. The highest BCUT2D eigenvalue weighted by atomic mass is 16.2. The summed E-state index contributed by atoms with van der Waals surface area (Å²) >= 11 is 0. The summed E-state index contributed by atoms with van der Waals surface area (Å²) in [6, 6.07) is 7.06. The molecule has 1 aliphatic heterocycles. The molecule has 3 amide bonds. The number of anilines is 2. The minimum atomic E-state index is -0.191. The van der Waals surface area contributed by atoms with Crippen LogP contribution in [0, 0.1) is 0 Å². The second-order valence-corrected chi connectivity index (χ2v) is 4.88. The van der Waals surface area contributed by atoms with Crippen molar-refractivity contribution in [2.45, 2.75) is 25.8 Å². The SMILES string of the molecule is CC(=O)Nc1ccc(NC(=O)NC2CCNCC2)cc1. The summed E-state index contributed by atoms with van der Waals surface area (Å²) in [6.07, 6.45) is 1.91. The van der Waals surface area contributed by atoms with Crippen molar-refractivity contribution in [2.24, 2.45) is 0 Å². The van der Waals surface area contributed by atoms with Crippen LogP contribution in [-0.4, -0.2) is 31.1 Å². The molecule has 1 aliphatic rings. The van der Waals surface area contributed by atoms with Crippen LogP contribution < -0.4 is 21.3 Å². The van der Waals surface area contributed by atoms with Gasteiger partial charge in [0.05, 0.1) is 0 Å². The number of carbonyl (C=O) groups excluding carboxylic acids is 2. The predicted octanol–water partition coefficient (Wildman–Crippen LogP) is 1.52. The summed E-state index contributed by atoms with van der Waals surface area (Å²) in [5, 5.41) is 11.7. The van der Waals surface area contributed by atoms with Crippen LogP contribution in [0.4, 0.5) is 16.2 Å². The van der Waals surface area contributed by atoms with Crippen molar-refractivity contribution in [3.8, 4) is 0 Å².